The van der Waals surface area contributed by atoms with E-state index >= 15 is 0 Å². The van der Waals surface area contributed by atoms with Gasteiger partial charge >= 0.3 is 11.9 Å². The molecule has 1 aromatic rings. The monoisotopic (exact) mass is 225 g/mol. The van der Waals surface area contributed by atoms with Gasteiger partial charge < -0.3 is 9.84 Å². The number of nitro benzene ring substituents is 1. The Bertz CT molecular complexity index is 467. The maximum Gasteiger partial charge on any atom is 0.342 e. The fourth-order valence-electron chi connectivity index (χ4n) is 1.08. The van der Waals surface area contributed by atoms with Crippen LogP contribution in [0.15, 0.2) is 18.2 Å². The number of carbonyl (C=O) groups excluding carboxylic acids is 1. The molecule has 0 spiro atoms. The topological polar surface area (TPSA) is 107 Å². The Labute approximate surface area is 89.4 Å². The Morgan fingerprint density at radius 2 is 2.06 bits per heavy atom. The van der Waals surface area contributed by atoms with Crippen LogP contribution in [0.2, 0.25) is 0 Å². The Balaban J connectivity index is 3.22. The highest BCUT2D eigenvalue weighted by molar-refractivity contribution is 5.93. The Morgan fingerprint density at radius 3 is 2.50 bits per heavy atom. The third-order valence-electron chi connectivity index (χ3n) is 1.66. The first-order valence-electron chi connectivity index (χ1n) is 4.12. The quantitative estimate of drug-likeness (QED) is 0.358. The summed E-state index contributed by atoms with van der Waals surface area (Å²) >= 11 is 0. The number of esters is 1. The molecule has 0 aliphatic rings. The molecule has 84 valence electrons. The van der Waals surface area contributed by atoms with Crippen LogP contribution >= 0.6 is 0 Å². The van der Waals surface area contributed by atoms with Crippen molar-refractivity contribution in [2.45, 2.75) is 6.92 Å². The summed E-state index contributed by atoms with van der Waals surface area (Å²) in [6, 6.07) is 3.07. The molecule has 0 bridgehead atoms. The van der Waals surface area contributed by atoms with Crippen LogP contribution in [-0.2, 0) is 4.79 Å². The van der Waals surface area contributed by atoms with E-state index in [9.17, 15) is 19.7 Å². The first kappa shape index (κ1) is 11.6. The molecule has 0 aliphatic carbocycles. The summed E-state index contributed by atoms with van der Waals surface area (Å²) in [5.41, 5.74) is -1.08. The van der Waals surface area contributed by atoms with Gasteiger partial charge in [-0.25, -0.2) is 4.79 Å². The van der Waals surface area contributed by atoms with Crippen LogP contribution in [-0.4, -0.2) is 22.0 Å². The molecule has 0 aliphatic heterocycles. The minimum absolute atomic E-state index is 0.0458. The molecule has 0 amide bonds. The molecule has 0 unspecified atom stereocenters. The molecule has 0 saturated heterocycles. The van der Waals surface area contributed by atoms with Gasteiger partial charge in [-0.05, 0) is 6.07 Å². The molecule has 16 heavy (non-hydrogen) atoms. The first-order valence-corrected chi connectivity index (χ1v) is 4.12. The Kier molecular flexibility index (Phi) is 3.19. The smallest absolute Gasteiger partial charge is 0.342 e. The maximum atomic E-state index is 10.7. The van der Waals surface area contributed by atoms with Crippen LogP contribution in [0.4, 0.5) is 5.69 Å². The number of carboxylic acid groups (broad SMARTS) is 1. The molecule has 1 rings (SSSR count). The van der Waals surface area contributed by atoms with Crippen molar-refractivity contribution in [1.29, 1.82) is 0 Å². The van der Waals surface area contributed by atoms with E-state index in [1.807, 2.05) is 0 Å². The van der Waals surface area contributed by atoms with Crippen molar-refractivity contribution in [3.05, 3.63) is 33.9 Å². The van der Waals surface area contributed by atoms with E-state index in [0.717, 1.165) is 25.1 Å². The van der Waals surface area contributed by atoms with E-state index in [2.05, 4.69) is 4.74 Å². The highest BCUT2D eigenvalue weighted by atomic mass is 16.6. The van der Waals surface area contributed by atoms with E-state index in [0.29, 0.717) is 0 Å². The lowest BCUT2D eigenvalue weighted by Gasteiger charge is -2.02. The number of carboxylic acids is 1. The lowest BCUT2D eigenvalue weighted by atomic mass is 10.1. The van der Waals surface area contributed by atoms with E-state index in [4.69, 9.17) is 5.11 Å². The van der Waals surface area contributed by atoms with Crippen molar-refractivity contribution in [3.63, 3.8) is 0 Å². The van der Waals surface area contributed by atoms with Gasteiger partial charge in [-0.2, -0.15) is 0 Å². The molecule has 0 fully saturated rings. The van der Waals surface area contributed by atoms with Gasteiger partial charge in [0.05, 0.1) is 4.92 Å². The summed E-state index contributed by atoms with van der Waals surface area (Å²) in [5, 5.41) is 19.2. The normalized spacial score (nSPS) is 9.56. The summed E-state index contributed by atoms with van der Waals surface area (Å²) in [6.07, 6.45) is 0. The molecule has 0 heterocycles. The number of carbonyl (C=O) groups is 2. The molecule has 7 nitrogen and oxygen atoms in total. The minimum atomic E-state index is -1.46. The van der Waals surface area contributed by atoms with E-state index < -0.39 is 28.1 Å². The molecule has 1 aromatic carbocycles. The molecule has 0 saturated carbocycles. The van der Waals surface area contributed by atoms with Crippen molar-refractivity contribution in [2.75, 3.05) is 0 Å². The number of hydrogen-bond acceptors (Lipinski definition) is 5. The zero-order chi connectivity index (χ0) is 12.3. The SMILES string of the molecule is CC(=O)Oc1ccc([N+](=O)[O-])c(C(=O)O)c1. The van der Waals surface area contributed by atoms with Gasteiger partial charge in [0.2, 0.25) is 0 Å². The van der Waals surface area contributed by atoms with E-state index in [1.54, 1.807) is 0 Å². The zero-order valence-electron chi connectivity index (χ0n) is 8.17. The van der Waals surface area contributed by atoms with Crippen LogP contribution in [0.3, 0.4) is 0 Å². The van der Waals surface area contributed by atoms with Crippen molar-refractivity contribution in [3.8, 4) is 5.75 Å². The van der Waals surface area contributed by atoms with Crippen LogP contribution in [0.5, 0.6) is 5.75 Å². The highest BCUT2D eigenvalue weighted by Crippen LogP contribution is 2.24. The average Bonchev–Trinajstić information content (AvgIpc) is 2.16. The second-order valence-corrected chi connectivity index (χ2v) is 2.83. The number of hydrogen-bond donors (Lipinski definition) is 1. The number of aromatic carboxylic acids is 1. The summed E-state index contributed by atoms with van der Waals surface area (Å²) in [5.74, 6) is -2.14. The van der Waals surface area contributed by atoms with Crippen LogP contribution in [0, 0.1) is 10.1 Å². The second kappa shape index (κ2) is 4.39. The van der Waals surface area contributed by atoms with Crippen molar-refractivity contribution >= 4 is 17.6 Å². The zero-order valence-corrected chi connectivity index (χ0v) is 8.17. The minimum Gasteiger partial charge on any atom is -0.477 e. The van der Waals surface area contributed by atoms with Gasteiger partial charge in [0.1, 0.15) is 11.3 Å². The summed E-state index contributed by atoms with van der Waals surface area (Å²) in [6.45, 7) is 1.14. The maximum absolute atomic E-state index is 10.7. The van der Waals surface area contributed by atoms with Crippen molar-refractivity contribution in [2.24, 2.45) is 0 Å². The number of nitro groups is 1. The number of rotatable bonds is 3. The fourth-order valence-corrected chi connectivity index (χ4v) is 1.08. The van der Waals surface area contributed by atoms with E-state index in [-0.39, 0.29) is 5.75 Å². The van der Waals surface area contributed by atoms with Crippen LogP contribution in [0.25, 0.3) is 0 Å². The Morgan fingerprint density at radius 1 is 1.44 bits per heavy atom. The lowest BCUT2D eigenvalue weighted by molar-refractivity contribution is -0.385. The fraction of sp³-hybridized carbons (Fsp3) is 0.111. The highest BCUT2D eigenvalue weighted by Gasteiger charge is 2.20. The number of ether oxygens (including phenoxy) is 1. The third kappa shape index (κ3) is 2.53. The van der Waals surface area contributed by atoms with Gasteiger partial charge in [0, 0.05) is 19.1 Å². The van der Waals surface area contributed by atoms with Gasteiger partial charge in [0.15, 0.2) is 0 Å². The second-order valence-electron chi connectivity index (χ2n) is 2.83. The summed E-state index contributed by atoms with van der Waals surface area (Å²) < 4.78 is 4.61. The molecule has 0 atom stereocenters. The van der Waals surface area contributed by atoms with Gasteiger partial charge in [-0.15, -0.1) is 0 Å². The Hall–Kier alpha value is -2.44. The van der Waals surface area contributed by atoms with Crippen molar-refractivity contribution in [1.82, 2.24) is 0 Å². The van der Waals surface area contributed by atoms with Gasteiger partial charge in [-0.1, -0.05) is 0 Å². The number of nitrogens with zero attached hydrogens (tertiary/aromatic N) is 1. The van der Waals surface area contributed by atoms with Gasteiger partial charge in [-0.3, -0.25) is 14.9 Å². The standard InChI is InChI=1S/C9H7NO6/c1-5(11)16-6-2-3-8(10(14)15)7(4-6)9(12)13/h2-4H,1H3,(H,12,13). The predicted molar refractivity (Wildman–Crippen MR) is 51.4 cm³/mol. The molecular weight excluding hydrogens is 218 g/mol. The van der Waals surface area contributed by atoms with Crippen LogP contribution in [0.1, 0.15) is 17.3 Å². The molecular formula is C9H7NO6. The average molecular weight is 225 g/mol. The lowest BCUT2D eigenvalue weighted by Crippen LogP contribution is -2.06. The largest absolute Gasteiger partial charge is 0.477 e. The first-order chi connectivity index (χ1) is 7.41. The van der Waals surface area contributed by atoms with E-state index in [1.165, 1.54) is 0 Å². The summed E-state index contributed by atoms with van der Waals surface area (Å²) in [7, 11) is 0. The van der Waals surface area contributed by atoms with Gasteiger partial charge in [0.25, 0.3) is 5.69 Å². The summed E-state index contributed by atoms with van der Waals surface area (Å²) in [4.78, 5) is 31.0. The van der Waals surface area contributed by atoms with Crippen molar-refractivity contribution < 1.29 is 24.4 Å². The molecule has 0 radical (unpaired) electrons. The molecule has 7 heteroatoms. The predicted octanol–water partition coefficient (Wildman–Crippen LogP) is 1.22. The van der Waals surface area contributed by atoms with Crippen LogP contribution < -0.4 is 4.74 Å². The number of benzene rings is 1. The molecule has 0 aromatic heterocycles. The third-order valence-corrected chi connectivity index (χ3v) is 1.66. The molecule has 1 N–H and O–H groups in total.